The summed E-state index contributed by atoms with van der Waals surface area (Å²) in [6.45, 7) is 0.324. The lowest BCUT2D eigenvalue weighted by Crippen LogP contribution is -2.11. The van der Waals surface area contributed by atoms with Crippen LogP contribution in [0.5, 0.6) is 0 Å². The van der Waals surface area contributed by atoms with E-state index in [-0.39, 0.29) is 16.5 Å². The van der Waals surface area contributed by atoms with E-state index >= 15 is 0 Å². The SMILES string of the molecule is CS(=O)(=O)c1ccc([N+](=O)[O-])c(NCCc2ccccc2Cl)n1. The molecule has 0 aliphatic heterocycles. The highest BCUT2D eigenvalue weighted by Gasteiger charge is 2.19. The van der Waals surface area contributed by atoms with Crippen LogP contribution in [-0.2, 0) is 16.3 Å². The Morgan fingerprint density at radius 3 is 2.57 bits per heavy atom. The third-order valence-corrected chi connectivity index (χ3v) is 4.43. The van der Waals surface area contributed by atoms with Crippen molar-refractivity contribution in [2.75, 3.05) is 18.1 Å². The van der Waals surface area contributed by atoms with Crippen LogP contribution in [0.3, 0.4) is 0 Å². The zero-order valence-electron chi connectivity index (χ0n) is 12.2. The first kappa shape index (κ1) is 17.2. The van der Waals surface area contributed by atoms with Crippen molar-refractivity contribution in [3.05, 3.63) is 57.1 Å². The maximum atomic E-state index is 11.5. The predicted molar refractivity (Wildman–Crippen MR) is 87.6 cm³/mol. The number of sulfone groups is 1. The molecule has 0 amide bonds. The molecule has 0 fully saturated rings. The topological polar surface area (TPSA) is 102 Å². The highest BCUT2D eigenvalue weighted by Crippen LogP contribution is 2.24. The van der Waals surface area contributed by atoms with Crippen molar-refractivity contribution < 1.29 is 13.3 Å². The Morgan fingerprint density at radius 2 is 1.96 bits per heavy atom. The molecule has 122 valence electrons. The second kappa shape index (κ2) is 6.93. The zero-order chi connectivity index (χ0) is 17.0. The number of benzene rings is 1. The molecule has 1 heterocycles. The van der Waals surface area contributed by atoms with E-state index < -0.39 is 14.8 Å². The number of pyridine rings is 1. The molecule has 1 aromatic heterocycles. The van der Waals surface area contributed by atoms with Crippen molar-refractivity contribution in [2.45, 2.75) is 11.4 Å². The molecule has 0 aliphatic carbocycles. The summed E-state index contributed by atoms with van der Waals surface area (Å²) in [7, 11) is -3.55. The largest absolute Gasteiger partial charge is 0.364 e. The van der Waals surface area contributed by atoms with Crippen molar-refractivity contribution in [3.63, 3.8) is 0 Å². The van der Waals surface area contributed by atoms with Gasteiger partial charge in [-0.05, 0) is 24.1 Å². The number of anilines is 1. The third-order valence-electron chi connectivity index (χ3n) is 3.07. The highest BCUT2D eigenvalue weighted by atomic mass is 35.5. The molecule has 1 N–H and O–H groups in total. The Kier molecular flexibility index (Phi) is 5.17. The van der Waals surface area contributed by atoms with Crippen molar-refractivity contribution >= 4 is 32.9 Å². The second-order valence-corrected chi connectivity index (χ2v) is 7.18. The van der Waals surface area contributed by atoms with Gasteiger partial charge in [-0.1, -0.05) is 29.8 Å². The lowest BCUT2D eigenvalue weighted by atomic mass is 10.1. The fourth-order valence-electron chi connectivity index (χ4n) is 1.93. The minimum absolute atomic E-state index is 0.0787. The average molecular weight is 356 g/mol. The van der Waals surface area contributed by atoms with E-state index in [0.29, 0.717) is 18.0 Å². The van der Waals surface area contributed by atoms with Crippen LogP contribution in [0.4, 0.5) is 11.5 Å². The molecule has 23 heavy (non-hydrogen) atoms. The summed E-state index contributed by atoms with van der Waals surface area (Å²) >= 11 is 6.04. The first-order valence-electron chi connectivity index (χ1n) is 6.62. The molecule has 2 aromatic rings. The van der Waals surface area contributed by atoms with Gasteiger partial charge in [-0.2, -0.15) is 0 Å². The molecule has 9 heteroatoms. The minimum Gasteiger partial charge on any atom is -0.364 e. The summed E-state index contributed by atoms with van der Waals surface area (Å²) < 4.78 is 23.1. The molecule has 0 spiro atoms. The monoisotopic (exact) mass is 355 g/mol. The van der Waals surface area contributed by atoms with Gasteiger partial charge in [0.2, 0.25) is 5.82 Å². The molecular weight excluding hydrogens is 342 g/mol. The maximum absolute atomic E-state index is 11.5. The molecular formula is C14H14ClN3O4S. The van der Waals surface area contributed by atoms with Crippen LogP contribution < -0.4 is 5.32 Å². The summed E-state index contributed by atoms with van der Waals surface area (Å²) in [6, 6.07) is 9.49. The van der Waals surface area contributed by atoms with Crippen molar-refractivity contribution in [3.8, 4) is 0 Å². The van der Waals surface area contributed by atoms with Crippen LogP contribution in [0.2, 0.25) is 5.02 Å². The molecule has 0 unspecified atom stereocenters. The smallest absolute Gasteiger partial charge is 0.311 e. The Bertz CT molecular complexity index is 840. The number of rotatable bonds is 6. The molecule has 1 aromatic carbocycles. The van der Waals surface area contributed by atoms with E-state index in [1.54, 1.807) is 12.1 Å². The van der Waals surface area contributed by atoms with Gasteiger partial charge in [-0.25, -0.2) is 13.4 Å². The summed E-state index contributed by atoms with van der Waals surface area (Å²) in [4.78, 5) is 14.3. The Balaban J connectivity index is 2.20. The van der Waals surface area contributed by atoms with Crippen LogP contribution in [0.25, 0.3) is 0 Å². The van der Waals surface area contributed by atoms with Gasteiger partial charge >= 0.3 is 5.69 Å². The molecule has 2 rings (SSSR count). The summed E-state index contributed by atoms with van der Waals surface area (Å²) in [5.41, 5.74) is 0.597. The first-order valence-corrected chi connectivity index (χ1v) is 8.89. The number of nitro groups is 1. The second-order valence-electron chi connectivity index (χ2n) is 4.81. The average Bonchev–Trinajstić information content (AvgIpc) is 2.48. The Morgan fingerprint density at radius 1 is 1.26 bits per heavy atom. The summed E-state index contributed by atoms with van der Waals surface area (Å²) in [5.74, 6) is -0.0787. The maximum Gasteiger partial charge on any atom is 0.311 e. The van der Waals surface area contributed by atoms with Crippen LogP contribution >= 0.6 is 11.6 Å². The Hall–Kier alpha value is -2.19. The zero-order valence-corrected chi connectivity index (χ0v) is 13.8. The highest BCUT2D eigenvalue weighted by molar-refractivity contribution is 7.90. The quantitative estimate of drug-likeness (QED) is 0.631. The van der Waals surface area contributed by atoms with E-state index in [1.165, 1.54) is 0 Å². The third kappa shape index (κ3) is 4.40. The van der Waals surface area contributed by atoms with Crippen LogP contribution in [-0.4, -0.2) is 31.1 Å². The predicted octanol–water partition coefficient (Wildman–Crippen LogP) is 2.70. The molecule has 7 nitrogen and oxygen atoms in total. The van der Waals surface area contributed by atoms with Crippen LogP contribution in [0.1, 0.15) is 5.56 Å². The van der Waals surface area contributed by atoms with Crippen LogP contribution in [0, 0.1) is 10.1 Å². The van der Waals surface area contributed by atoms with E-state index in [4.69, 9.17) is 11.6 Å². The number of hydrogen-bond donors (Lipinski definition) is 1. The van der Waals surface area contributed by atoms with Gasteiger partial charge in [-0.15, -0.1) is 0 Å². The standard InChI is InChI=1S/C14H14ClN3O4S/c1-23(21,22)13-7-6-12(18(19)20)14(17-13)16-9-8-10-4-2-3-5-11(10)15/h2-7H,8-9H2,1H3,(H,16,17). The fraction of sp³-hybridized carbons (Fsp3) is 0.214. The first-order chi connectivity index (χ1) is 10.8. The van der Waals surface area contributed by atoms with Gasteiger partial charge in [0.05, 0.1) is 4.92 Å². The van der Waals surface area contributed by atoms with Gasteiger partial charge in [0.25, 0.3) is 0 Å². The van der Waals surface area contributed by atoms with Crippen LogP contribution in [0.15, 0.2) is 41.4 Å². The van der Waals surface area contributed by atoms with Gasteiger partial charge < -0.3 is 5.32 Å². The molecule has 0 radical (unpaired) electrons. The molecule has 0 aliphatic rings. The van der Waals surface area contributed by atoms with Gasteiger partial charge in [0.15, 0.2) is 14.9 Å². The summed E-state index contributed by atoms with van der Waals surface area (Å²) in [5, 5.41) is 14.2. The van der Waals surface area contributed by atoms with E-state index in [0.717, 1.165) is 24.0 Å². The Labute approximate surface area is 138 Å². The van der Waals surface area contributed by atoms with Gasteiger partial charge in [-0.3, -0.25) is 10.1 Å². The van der Waals surface area contributed by atoms with Crippen molar-refractivity contribution in [1.29, 1.82) is 0 Å². The molecule has 0 atom stereocenters. The minimum atomic E-state index is -3.55. The van der Waals surface area contributed by atoms with E-state index in [9.17, 15) is 18.5 Å². The van der Waals surface area contributed by atoms with Crippen molar-refractivity contribution in [2.24, 2.45) is 0 Å². The fourth-order valence-corrected chi connectivity index (χ4v) is 2.74. The number of nitrogens with one attached hydrogen (secondary N) is 1. The normalized spacial score (nSPS) is 11.2. The molecule has 0 bridgehead atoms. The number of aromatic nitrogens is 1. The van der Waals surface area contributed by atoms with Gasteiger partial charge in [0, 0.05) is 23.9 Å². The van der Waals surface area contributed by atoms with Crippen molar-refractivity contribution in [1.82, 2.24) is 4.98 Å². The number of halogens is 1. The lowest BCUT2D eigenvalue weighted by molar-refractivity contribution is -0.384. The summed E-state index contributed by atoms with van der Waals surface area (Å²) in [6.07, 6.45) is 1.51. The molecule has 0 saturated heterocycles. The number of hydrogen-bond acceptors (Lipinski definition) is 6. The number of nitrogens with zero attached hydrogens (tertiary/aromatic N) is 2. The van der Waals surface area contributed by atoms with Gasteiger partial charge in [0.1, 0.15) is 0 Å². The molecule has 0 saturated carbocycles. The lowest BCUT2D eigenvalue weighted by Gasteiger charge is -2.08. The van der Waals surface area contributed by atoms with E-state index in [1.807, 2.05) is 12.1 Å². The van der Waals surface area contributed by atoms with E-state index in [2.05, 4.69) is 10.3 Å².